The number of thiophene rings is 1. The van der Waals surface area contributed by atoms with E-state index >= 15 is 0 Å². The molecule has 0 unspecified atom stereocenters. The summed E-state index contributed by atoms with van der Waals surface area (Å²) in [6.07, 6.45) is 3.11. The third kappa shape index (κ3) is 5.31. The number of hydrogen-bond acceptors (Lipinski definition) is 4. The largest absolute Gasteiger partial charge is 0.489 e. The number of ether oxygens (including phenoxy) is 1. The number of carbonyl (C=O) groups is 2. The first-order valence-corrected chi connectivity index (χ1v) is 9.49. The molecule has 0 radical (unpaired) electrons. The number of rotatable bonds is 7. The van der Waals surface area contributed by atoms with Crippen LogP contribution in [0.5, 0.6) is 5.75 Å². The molecule has 0 saturated heterocycles. The second-order valence-corrected chi connectivity index (χ2v) is 7.39. The van der Waals surface area contributed by atoms with Crippen molar-refractivity contribution in [2.45, 2.75) is 13.5 Å². The zero-order valence-corrected chi connectivity index (χ0v) is 16.2. The number of anilines is 1. The zero-order chi connectivity index (χ0) is 19.9. The maximum absolute atomic E-state index is 12.1. The molecule has 1 heterocycles. The van der Waals surface area contributed by atoms with Crippen LogP contribution < -0.4 is 15.8 Å². The van der Waals surface area contributed by atoms with E-state index in [2.05, 4.69) is 5.32 Å². The Balaban J connectivity index is 1.57. The van der Waals surface area contributed by atoms with Crippen LogP contribution in [0.4, 0.5) is 5.00 Å². The molecular weight excluding hydrogens is 372 g/mol. The lowest BCUT2D eigenvalue weighted by molar-refractivity contribution is -0.111. The van der Waals surface area contributed by atoms with Crippen molar-refractivity contribution in [3.05, 3.63) is 88.3 Å². The van der Waals surface area contributed by atoms with E-state index in [1.807, 2.05) is 61.5 Å². The lowest BCUT2D eigenvalue weighted by Crippen LogP contribution is -2.14. The number of benzene rings is 2. The van der Waals surface area contributed by atoms with Gasteiger partial charge in [-0.05, 0) is 42.3 Å². The van der Waals surface area contributed by atoms with E-state index in [9.17, 15) is 9.59 Å². The molecule has 28 heavy (non-hydrogen) atoms. The summed E-state index contributed by atoms with van der Waals surface area (Å²) in [6, 6.07) is 19.0. The second-order valence-electron chi connectivity index (χ2n) is 6.13. The van der Waals surface area contributed by atoms with E-state index in [4.69, 9.17) is 10.5 Å². The maximum atomic E-state index is 12.1. The number of amides is 2. The van der Waals surface area contributed by atoms with Gasteiger partial charge in [-0.15, -0.1) is 11.3 Å². The molecule has 1 aromatic heterocycles. The van der Waals surface area contributed by atoms with Gasteiger partial charge in [0.1, 0.15) is 17.4 Å². The molecule has 142 valence electrons. The molecule has 6 heteroatoms. The van der Waals surface area contributed by atoms with E-state index in [0.717, 1.165) is 21.8 Å². The highest BCUT2D eigenvalue weighted by atomic mass is 32.1. The van der Waals surface area contributed by atoms with Crippen molar-refractivity contribution in [2.24, 2.45) is 5.73 Å². The number of aryl methyl sites for hydroxylation is 1. The van der Waals surface area contributed by atoms with Crippen LogP contribution in [0.3, 0.4) is 0 Å². The Morgan fingerprint density at radius 1 is 1.11 bits per heavy atom. The van der Waals surface area contributed by atoms with Gasteiger partial charge in [0.05, 0.1) is 5.56 Å². The number of primary amides is 1. The molecule has 3 aromatic rings. The highest BCUT2D eigenvalue weighted by molar-refractivity contribution is 7.16. The predicted molar refractivity (Wildman–Crippen MR) is 112 cm³/mol. The normalized spacial score (nSPS) is 10.8. The summed E-state index contributed by atoms with van der Waals surface area (Å²) in [5.74, 6) is -0.130. The van der Waals surface area contributed by atoms with E-state index in [-0.39, 0.29) is 5.91 Å². The summed E-state index contributed by atoms with van der Waals surface area (Å²) < 4.78 is 5.74. The van der Waals surface area contributed by atoms with Gasteiger partial charge in [0.2, 0.25) is 5.91 Å². The van der Waals surface area contributed by atoms with Crippen molar-refractivity contribution < 1.29 is 14.3 Å². The van der Waals surface area contributed by atoms with Gasteiger partial charge < -0.3 is 15.8 Å². The average Bonchev–Trinajstić information content (AvgIpc) is 3.07. The van der Waals surface area contributed by atoms with Crippen LogP contribution in [-0.4, -0.2) is 11.8 Å². The SMILES string of the molecule is Cc1cc(C(N)=O)c(NC(=O)/C=C/c2ccc(OCc3ccccc3)cc2)s1. The Bertz CT molecular complexity index is 992. The van der Waals surface area contributed by atoms with Crippen molar-refractivity contribution in [1.82, 2.24) is 0 Å². The summed E-state index contributed by atoms with van der Waals surface area (Å²) >= 11 is 1.32. The van der Waals surface area contributed by atoms with Crippen LogP contribution in [0.2, 0.25) is 0 Å². The minimum atomic E-state index is -0.560. The molecular formula is C22H20N2O3S. The van der Waals surface area contributed by atoms with E-state index in [0.29, 0.717) is 17.2 Å². The molecule has 3 rings (SSSR count). The fraction of sp³-hybridized carbons (Fsp3) is 0.0909. The van der Waals surface area contributed by atoms with Crippen LogP contribution >= 0.6 is 11.3 Å². The van der Waals surface area contributed by atoms with Crippen LogP contribution in [0.25, 0.3) is 6.08 Å². The summed E-state index contributed by atoms with van der Waals surface area (Å²) in [4.78, 5) is 24.4. The minimum Gasteiger partial charge on any atom is -0.489 e. The van der Waals surface area contributed by atoms with Gasteiger partial charge in [0.25, 0.3) is 5.91 Å². The summed E-state index contributed by atoms with van der Waals surface area (Å²) in [7, 11) is 0. The molecule has 0 aliphatic rings. The molecule has 0 fully saturated rings. The molecule has 0 atom stereocenters. The Labute approximate surface area is 167 Å². The Morgan fingerprint density at radius 3 is 2.50 bits per heavy atom. The average molecular weight is 392 g/mol. The van der Waals surface area contributed by atoms with E-state index in [1.54, 1.807) is 12.1 Å². The number of nitrogens with two attached hydrogens (primary N) is 1. The van der Waals surface area contributed by atoms with Crippen molar-refractivity contribution >= 4 is 34.2 Å². The van der Waals surface area contributed by atoms with Gasteiger partial charge in [0.15, 0.2) is 0 Å². The summed E-state index contributed by atoms with van der Waals surface area (Å²) in [5, 5.41) is 3.16. The standard InChI is InChI=1S/C22H20N2O3S/c1-15-13-19(21(23)26)22(28-15)24-20(25)12-9-16-7-10-18(11-8-16)27-14-17-5-3-2-4-6-17/h2-13H,14H2,1H3,(H2,23,26)(H,24,25)/b12-9+. The van der Waals surface area contributed by atoms with Crippen molar-refractivity contribution in [2.75, 3.05) is 5.32 Å². The molecule has 0 aliphatic heterocycles. The Kier molecular flexibility index (Phi) is 6.24. The lowest BCUT2D eigenvalue weighted by atomic mass is 10.2. The monoisotopic (exact) mass is 392 g/mol. The highest BCUT2D eigenvalue weighted by Crippen LogP contribution is 2.27. The van der Waals surface area contributed by atoms with Crippen LogP contribution in [-0.2, 0) is 11.4 Å². The van der Waals surface area contributed by atoms with Gasteiger partial charge in [0, 0.05) is 11.0 Å². The molecule has 2 amide bonds. The molecule has 0 saturated carbocycles. The quantitative estimate of drug-likeness (QED) is 0.585. The van der Waals surface area contributed by atoms with Gasteiger partial charge in [-0.2, -0.15) is 0 Å². The highest BCUT2D eigenvalue weighted by Gasteiger charge is 2.13. The van der Waals surface area contributed by atoms with E-state index in [1.165, 1.54) is 17.4 Å². The third-order valence-electron chi connectivity index (χ3n) is 3.91. The summed E-state index contributed by atoms with van der Waals surface area (Å²) in [6.45, 7) is 2.35. The molecule has 2 aromatic carbocycles. The van der Waals surface area contributed by atoms with Crippen molar-refractivity contribution in [3.63, 3.8) is 0 Å². The molecule has 0 bridgehead atoms. The molecule has 0 aliphatic carbocycles. The lowest BCUT2D eigenvalue weighted by Gasteiger charge is -2.06. The first kappa shape index (κ1) is 19.4. The molecule has 5 nitrogen and oxygen atoms in total. The molecule has 0 spiro atoms. The predicted octanol–water partition coefficient (Wildman–Crippen LogP) is 4.39. The van der Waals surface area contributed by atoms with Gasteiger partial charge in [-0.25, -0.2) is 0 Å². The van der Waals surface area contributed by atoms with Gasteiger partial charge in [-0.1, -0.05) is 42.5 Å². The van der Waals surface area contributed by atoms with Crippen LogP contribution in [0.15, 0.2) is 66.7 Å². The second kappa shape index (κ2) is 9.01. The zero-order valence-electron chi connectivity index (χ0n) is 15.3. The third-order valence-corrected chi connectivity index (χ3v) is 4.88. The number of carbonyl (C=O) groups excluding carboxylic acids is 2. The first-order chi connectivity index (χ1) is 13.5. The van der Waals surface area contributed by atoms with E-state index < -0.39 is 5.91 Å². The van der Waals surface area contributed by atoms with Crippen molar-refractivity contribution in [3.8, 4) is 5.75 Å². The van der Waals surface area contributed by atoms with Crippen LogP contribution in [0, 0.1) is 6.92 Å². The Hall–Kier alpha value is -3.38. The van der Waals surface area contributed by atoms with Gasteiger partial charge in [-0.3, -0.25) is 9.59 Å². The first-order valence-electron chi connectivity index (χ1n) is 8.67. The number of hydrogen-bond donors (Lipinski definition) is 2. The fourth-order valence-electron chi connectivity index (χ4n) is 2.53. The van der Waals surface area contributed by atoms with Gasteiger partial charge >= 0.3 is 0 Å². The topological polar surface area (TPSA) is 81.4 Å². The minimum absolute atomic E-state index is 0.323. The fourth-order valence-corrected chi connectivity index (χ4v) is 3.45. The molecule has 3 N–H and O–H groups in total. The number of nitrogens with one attached hydrogen (secondary N) is 1. The smallest absolute Gasteiger partial charge is 0.251 e. The van der Waals surface area contributed by atoms with Crippen molar-refractivity contribution in [1.29, 1.82) is 0 Å². The summed E-state index contributed by atoms with van der Waals surface area (Å²) in [5.41, 5.74) is 7.61. The Morgan fingerprint density at radius 2 is 1.82 bits per heavy atom. The van der Waals surface area contributed by atoms with Crippen LogP contribution in [0.1, 0.15) is 26.4 Å². The maximum Gasteiger partial charge on any atom is 0.251 e.